The average molecular weight is 485 g/mol. The molecule has 2 aromatic rings. The lowest BCUT2D eigenvalue weighted by Crippen LogP contribution is -2.44. The van der Waals surface area contributed by atoms with E-state index >= 15 is 0 Å². The van der Waals surface area contributed by atoms with Crippen LogP contribution in [0.2, 0.25) is 0 Å². The van der Waals surface area contributed by atoms with Gasteiger partial charge >= 0.3 is 6.18 Å². The quantitative estimate of drug-likeness (QED) is 0.653. The van der Waals surface area contributed by atoms with Gasteiger partial charge in [0.1, 0.15) is 23.5 Å². The second kappa shape index (κ2) is 9.19. The molecule has 1 N–H and O–H groups in total. The summed E-state index contributed by atoms with van der Waals surface area (Å²) in [6.07, 6.45) is -5.73. The van der Waals surface area contributed by atoms with E-state index < -0.39 is 54.4 Å². The number of nitriles is 1. The first-order valence-corrected chi connectivity index (χ1v) is 10.7. The van der Waals surface area contributed by atoms with Gasteiger partial charge in [-0.2, -0.15) is 18.4 Å². The van der Waals surface area contributed by atoms with Crippen LogP contribution in [0.15, 0.2) is 12.1 Å². The molecule has 1 aliphatic rings. The zero-order valence-corrected chi connectivity index (χ0v) is 18.8. The molecule has 1 saturated carbocycles. The van der Waals surface area contributed by atoms with Crippen molar-refractivity contribution < 1.29 is 31.5 Å². The van der Waals surface area contributed by atoms with E-state index in [1.807, 2.05) is 0 Å². The number of fused-ring (bicyclic) bond motifs is 1. The molecule has 3 rings (SSSR count). The van der Waals surface area contributed by atoms with Crippen molar-refractivity contribution in [2.45, 2.75) is 57.2 Å². The predicted octanol–water partition coefficient (Wildman–Crippen LogP) is 3.80. The lowest BCUT2D eigenvalue weighted by atomic mass is 9.83. The Balaban J connectivity index is 2.02. The number of nitrogens with zero attached hydrogens (tertiary/aromatic N) is 4. The summed E-state index contributed by atoms with van der Waals surface area (Å²) in [6, 6.07) is 3.12. The van der Waals surface area contributed by atoms with Gasteiger partial charge in [-0.1, -0.05) is 0 Å². The van der Waals surface area contributed by atoms with E-state index in [9.17, 15) is 36.8 Å². The van der Waals surface area contributed by atoms with E-state index in [4.69, 9.17) is 0 Å². The molecule has 0 spiro atoms. The van der Waals surface area contributed by atoms with Crippen LogP contribution < -0.4 is 5.32 Å². The highest BCUT2D eigenvalue weighted by Gasteiger charge is 2.41. The Morgan fingerprint density at radius 3 is 2.44 bits per heavy atom. The van der Waals surface area contributed by atoms with Gasteiger partial charge in [-0.3, -0.25) is 14.0 Å². The third-order valence-electron chi connectivity index (χ3n) is 5.94. The van der Waals surface area contributed by atoms with Gasteiger partial charge in [0.05, 0.1) is 5.69 Å². The first-order valence-electron chi connectivity index (χ1n) is 10.7. The molecule has 7 nitrogen and oxygen atoms in total. The fraction of sp³-hybridized carbons (Fsp3) is 0.545. The Kier molecular flexibility index (Phi) is 6.87. The lowest BCUT2D eigenvalue weighted by Gasteiger charge is -2.28. The second-order valence-corrected chi connectivity index (χ2v) is 8.77. The molecule has 1 atom stereocenters. The van der Waals surface area contributed by atoms with Crippen LogP contribution in [0, 0.1) is 17.2 Å². The average Bonchev–Trinajstić information content (AvgIpc) is 3.12. The van der Waals surface area contributed by atoms with Crippen molar-refractivity contribution in [3.05, 3.63) is 34.8 Å². The maximum Gasteiger partial charge on any atom is 0.435 e. The molecular formula is C22H24F5N5O2. The van der Waals surface area contributed by atoms with Gasteiger partial charge < -0.3 is 10.2 Å². The van der Waals surface area contributed by atoms with Crippen molar-refractivity contribution in [3.63, 3.8) is 0 Å². The fourth-order valence-corrected chi connectivity index (χ4v) is 4.17. The molecule has 0 bridgehead atoms. The summed E-state index contributed by atoms with van der Waals surface area (Å²) in [4.78, 5) is 29.6. The summed E-state index contributed by atoms with van der Waals surface area (Å²) in [5, 5.41) is 12.1. The van der Waals surface area contributed by atoms with Crippen molar-refractivity contribution in [1.82, 2.24) is 19.6 Å². The van der Waals surface area contributed by atoms with Crippen LogP contribution in [-0.2, 0) is 17.4 Å². The first-order chi connectivity index (χ1) is 15.7. The van der Waals surface area contributed by atoms with Gasteiger partial charge in [-0.05, 0) is 44.2 Å². The minimum atomic E-state index is -4.85. The molecule has 0 unspecified atom stereocenters. The second-order valence-electron chi connectivity index (χ2n) is 8.77. The van der Waals surface area contributed by atoms with Gasteiger partial charge in [0.25, 0.3) is 5.91 Å². The van der Waals surface area contributed by atoms with E-state index in [1.54, 1.807) is 6.07 Å². The molecule has 0 aliphatic heterocycles. The van der Waals surface area contributed by atoms with E-state index in [2.05, 4.69) is 10.3 Å². The number of pyridine rings is 1. The number of likely N-dealkylation sites (N-methyl/N-ethyl adjacent to an activating group) is 1. The summed E-state index contributed by atoms with van der Waals surface area (Å²) in [5.74, 6) is -4.40. The number of rotatable bonds is 5. The third-order valence-corrected chi connectivity index (χ3v) is 5.94. The summed E-state index contributed by atoms with van der Waals surface area (Å²) in [5.41, 5.74) is -2.16. The van der Waals surface area contributed by atoms with Gasteiger partial charge in [0, 0.05) is 32.5 Å². The molecule has 2 heterocycles. The van der Waals surface area contributed by atoms with Crippen LogP contribution in [0.3, 0.4) is 0 Å². The van der Waals surface area contributed by atoms with Crippen LogP contribution in [0.4, 0.5) is 22.0 Å². The van der Waals surface area contributed by atoms with E-state index in [-0.39, 0.29) is 41.9 Å². The van der Waals surface area contributed by atoms with Crippen LogP contribution in [-0.4, -0.2) is 52.2 Å². The molecule has 34 heavy (non-hydrogen) atoms. The smallest absolute Gasteiger partial charge is 0.347 e. The summed E-state index contributed by atoms with van der Waals surface area (Å²) in [6.45, 7) is 1.45. The summed E-state index contributed by atoms with van der Waals surface area (Å²) < 4.78 is 69.4. The third kappa shape index (κ3) is 5.29. The number of nitrogens with one attached hydrogen (secondary N) is 1. The normalized spacial score (nSPS) is 17.3. The van der Waals surface area contributed by atoms with E-state index in [0.29, 0.717) is 0 Å². The number of alkyl halides is 5. The Morgan fingerprint density at radius 1 is 1.29 bits per heavy atom. The fourth-order valence-electron chi connectivity index (χ4n) is 4.17. The van der Waals surface area contributed by atoms with Crippen LogP contribution >= 0.6 is 0 Å². The molecule has 1 aliphatic carbocycles. The Labute approximate surface area is 192 Å². The first kappa shape index (κ1) is 25.4. The lowest BCUT2D eigenvalue weighted by molar-refractivity contribution is -0.141. The van der Waals surface area contributed by atoms with Crippen molar-refractivity contribution in [2.24, 2.45) is 5.92 Å². The number of amides is 2. The molecule has 0 aromatic carbocycles. The highest BCUT2D eigenvalue weighted by molar-refractivity contribution is 5.98. The standard InChI is InChI=1S/C22H24F5N5O2/c1-12(20(34)31(2)3)29-19(33)14-9-15(11-28)32-16(8-13-4-6-21(23,24)7-5-13)18(22(25,26)27)30-17(32)10-14/h9-10,12-13H,4-8H2,1-3H3,(H,29,33)/t12-/m0/s1. The summed E-state index contributed by atoms with van der Waals surface area (Å²) in [7, 11) is 3.01. The van der Waals surface area contributed by atoms with E-state index in [0.717, 1.165) is 16.5 Å². The largest absolute Gasteiger partial charge is 0.435 e. The number of imidazole rings is 1. The zero-order chi connectivity index (χ0) is 25.4. The Bertz CT molecular complexity index is 1140. The SMILES string of the molecule is C[C@H](NC(=O)c1cc(C#N)n2c(CC3CCC(F)(F)CC3)c(C(F)(F)F)nc2c1)C(=O)N(C)C. The van der Waals surface area contributed by atoms with E-state index in [1.165, 1.54) is 25.9 Å². The molecular weight excluding hydrogens is 461 g/mol. The molecule has 12 heteroatoms. The maximum atomic E-state index is 13.8. The topological polar surface area (TPSA) is 90.5 Å². The number of aromatic nitrogens is 2. The minimum absolute atomic E-state index is 0.0533. The zero-order valence-electron chi connectivity index (χ0n) is 18.8. The van der Waals surface area contributed by atoms with Crippen molar-refractivity contribution in [1.29, 1.82) is 5.26 Å². The highest BCUT2D eigenvalue weighted by atomic mass is 19.4. The van der Waals surface area contributed by atoms with Crippen molar-refractivity contribution in [3.8, 4) is 6.07 Å². The van der Waals surface area contributed by atoms with Crippen molar-refractivity contribution >= 4 is 17.5 Å². The number of carbonyl (C=O) groups excluding carboxylic acids is 2. The molecule has 0 radical (unpaired) electrons. The minimum Gasteiger partial charge on any atom is -0.347 e. The van der Waals surface area contributed by atoms with Crippen LogP contribution in [0.25, 0.3) is 5.65 Å². The molecule has 1 fully saturated rings. The molecule has 0 saturated heterocycles. The molecule has 184 valence electrons. The van der Waals surface area contributed by atoms with Gasteiger partial charge in [0.15, 0.2) is 5.69 Å². The molecule has 2 aromatic heterocycles. The Hall–Kier alpha value is -3.23. The predicted molar refractivity (Wildman–Crippen MR) is 111 cm³/mol. The summed E-state index contributed by atoms with van der Waals surface area (Å²) >= 11 is 0. The van der Waals surface area contributed by atoms with Crippen molar-refractivity contribution in [2.75, 3.05) is 14.1 Å². The van der Waals surface area contributed by atoms with Gasteiger partial charge in [-0.15, -0.1) is 0 Å². The van der Waals surface area contributed by atoms with Gasteiger partial charge in [-0.25, -0.2) is 13.8 Å². The van der Waals surface area contributed by atoms with Crippen LogP contribution in [0.1, 0.15) is 60.0 Å². The number of carbonyl (C=O) groups is 2. The number of hydrogen-bond acceptors (Lipinski definition) is 4. The Morgan fingerprint density at radius 2 is 1.91 bits per heavy atom. The van der Waals surface area contributed by atoms with Gasteiger partial charge in [0.2, 0.25) is 11.8 Å². The monoisotopic (exact) mass is 485 g/mol. The maximum absolute atomic E-state index is 13.8. The molecule has 2 amide bonds. The number of hydrogen-bond donors (Lipinski definition) is 1. The highest BCUT2D eigenvalue weighted by Crippen LogP contribution is 2.40. The van der Waals surface area contributed by atoms with Crippen LogP contribution in [0.5, 0.6) is 0 Å². The number of halogens is 5.